The first kappa shape index (κ1) is 18.0. The molecule has 1 heterocycles. The fourth-order valence-electron chi connectivity index (χ4n) is 2.03. The summed E-state index contributed by atoms with van der Waals surface area (Å²) in [6, 6.07) is 8.07. The van der Waals surface area contributed by atoms with Gasteiger partial charge in [-0.15, -0.1) is 0 Å². The molecule has 0 aliphatic carbocycles. The van der Waals surface area contributed by atoms with Crippen LogP contribution in [0.25, 0.3) is 0 Å². The Balaban J connectivity index is 1.74. The third kappa shape index (κ3) is 4.07. The zero-order valence-corrected chi connectivity index (χ0v) is 14.4. The number of nitrogens with one attached hydrogen (secondary N) is 2. The van der Waals surface area contributed by atoms with E-state index in [4.69, 9.17) is 23.2 Å². The van der Waals surface area contributed by atoms with Gasteiger partial charge in [0, 0.05) is 5.02 Å². The monoisotopic (exact) mass is 394 g/mol. The predicted octanol–water partition coefficient (Wildman–Crippen LogP) is 5.06. The maximum Gasteiger partial charge on any atom is 0.275 e. The summed E-state index contributed by atoms with van der Waals surface area (Å²) in [5.74, 6) is -2.02. The number of carbonyl (C=O) groups excluding carboxylic acids is 1. The van der Waals surface area contributed by atoms with Crippen molar-refractivity contribution in [2.24, 2.45) is 0 Å². The van der Waals surface area contributed by atoms with Crippen molar-refractivity contribution in [2.75, 3.05) is 10.6 Å². The van der Waals surface area contributed by atoms with Crippen LogP contribution < -0.4 is 10.6 Å². The number of nitrogens with zero attached hydrogens (tertiary/aromatic N) is 2. The minimum Gasteiger partial charge on any atom is -0.334 e. The molecule has 0 saturated carbocycles. The molecule has 2 N–H and O–H groups in total. The highest BCUT2D eigenvalue weighted by Crippen LogP contribution is 2.26. The van der Waals surface area contributed by atoms with Crippen LogP contribution in [0.4, 0.5) is 26.0 Å². The molecular formula is C17H10Cl2F2N4O. The minimum absolute atomic E-state index is 0.00410. The van der Waals surface area contributed by atoms with Gasteiger partial charge in [-0.1, -0.05) is 29.3 Å². The minimum atomic E-state index is -0.772. The number of rotatable bonds is 4. The van der Waals surface area contributed by atoms with Crippen molar-refractivity contribution in [3.05, 3.63) is 76.2 Å². The van der Waals surface area contributed by atoms with Gasteiger partial charge < -0.3 is 10.6 Å². The van der Waals surface area contributed by atoms with Crippen molar-refractivity contribution < 1.29 is 13.6 Å². The van der Waals surface area contributed by atoms with Crippen molar-refractivity contribution in [3.63, 3.8) is 0 Å². The first-order chi connectivity index (χ1) is 12.4. The zero-order valence-electron chi connectivity index (χ0n) is 12.9. The van der Waals surface area contributed by atoms with Gasteiger partial charge in [0.1, 0.15) is 28.8 Å². The van der Waals surface area contributed by atoms with E-state index in [1.54, 1.807) is 12.1 Å². The molecule has 5 nitrogen and oxygen atoms in total. The van der Waals surface area contributed by atoms with Crippen molar-refractivity contribution in [2.45, 2.75) is 0 Å². The quantitative estimate of drug-likeness (QED) is 0.648. The fraction of sp³-hybridized carbons (Fsp3) is 0. The Hall–Kier alpha value is -2.77. The lowest BCUT2D eigenvalue weighted by Gasteiger charge is -2.09. The second kappa shape index (κ2) is 7.63. The van der Waals surface area contributed by atoms with Crippen LogP contribution in [0.3, 0.4) is 0 Å². The van der Waals surface area contributed by atoms with Crippen molar-refractivity contribution in [1.82, 2.24) is 9.97 Å². The van der Waals surface area contributed by atoms with Gasteiger partial charge in [0.15, 0.2) is 0 Å². The molecule has 0 saturated heterocycles. The van der Waals surface area contributed by atoms with Crippen molar-refractivity contribution >= 4 is 46.3 Å². The van der Waals surface area contributed by atoms with E-state index in [0.29, 0.717) is 10.7 Å². The van der Waals surface area contributed by atoms with Gasteiger partial charge in [0.05, 0.1) is 23.1 Å². The van der Waals surface area contributed by atoms with Crippen LogP contribution in [0, 0.1) is 11.6 Å². The molecule has 9 heteroatoms. The van der Waals surface area contributed by atoms with E-state index in [1.807, 2.05) is 0 Å². The van der Waals surface area contributed by atoms with Crippen LogP contribution in [0.2, 0.25) is 10.0 Å². The number of para-hydroxylation sites is 1. The summed E-state index contributed by atoms with van der Waals surface area (Å²) in [5, 5.41) is 5.75. The smallest absolute Gasteiger partial charge is 0.275 e. The maximum absolute atomic E-state index is 13.6. The molecule has 3 aromatic rings. The molecule has 26 heavy (non-hydrogen) atoms. The summed E-state index contributed by atoms with van der Waals surface area (Å²) in [4.78, 5) is 20.0. The molecule has 0 unspecified atom stereocenters. The first-order valence-corrected chi connectivity index (χ1v) is 7.99. The number of aromatic nitrogens is 2. The van der Waals surface area contributed by atoms with Crippen molar-refractivity contribution in [1.29, 1.82) is 0 Å². The largest absolute Gasteiger partial charge is 0.334 e. The third-order valence-electron chi connectivity index (χ3n) is 3.28. The lowest BCUT2D eigenvalue weighted by molar-refractivity contribution is 0.102. The van der Waals surface area contributed by atoms with Crippen molar-refractivity contribution in [3.8, 4) is 0 Å². The lowest BCUT2D eigenvalue weighted by Crippen LogP contribution is -2.14. The number of amides is 1. The Morgan fingerprint density at radius 2 is 1.73 bits per heavy atom. The van der Waals surface area contributed by atoms with Gasteiger partial charge in [-0.25, -0.2) is 18.7 Å². The molecular weight excluding hydrogens is 385 g/mol. The van der Waals surface area contributed by atoms with E-state index in [1.165, 1.54) is 24.5 Å². The molecule has 3 rings (SSSR count). The fourth-order valence-corrected chi connectivity index (χ4v) is 2.49. The van der Waals surface area contributed by atoms with Gasteiger partial charge in [0.25, 0.3) is 5.91 Å². The number of hydrogen-bond acceptors (Lipinski definition) is 4. The average Bonchev–Trinajstić information content (AvgIpc) is 2.61. The van der Waals surface area contributed by atoms with Gasteiger partial charge in [-0.05, 0) is 30.3 Å². The van der Waals surface area contributed by atoms with E-state index in [2.05, 4.69) is 20.6 Å². The summed E-state index contributed by atoms with van der Waals surface area (Å²) in [5.41, 5.74) is 0.000940. The normalized spacial score (nSPS) is 10.5. The third-order valence-corrected chi connectivity index (χ3v) is 3.83. The lowest BCUT2D eigenvalue weighted by atomic mass is 10.3. The number of benzene rings is 2. The summed E-state index contributed by atoms with van der Waals surface area (Å²) in [6.45, 7) is 0. The summed E-state index contributed by atoms with van der Waals surface area (Å²) in [7, 11) is 0. The molecule has 0 aliphatic rings. The number of hydrogen-bond donors (Lipinski definition) is 2. The maximum atomic E-state index is 13.6. The summed E-state index contributed by atoms with van der Waals surface area (Å²) >= 11 is 11.8. The van der Waals surface area contributed by atoms with Crippen LogP contribution in [0.5, 0.6) is 0 Å². The van der Waals surface area contributed by atoms with Gasteiger partial charge in [0.2, 0.25) is 0 Å². The molecule has 2 aromatic carbocycles. The Kier molecular flexibility index (Phi) is 5.29. The Labute approximate surface area is 157 Å². The van der Waals surface area contributed by atoms with E-state index in [0.717, 1.165) is 12.1 Å². The zero-order chi connectivity index (χ0) is 18.7. The van der Waals surface area contributed by atoms with Gasteiger partial charge >= 0.3 is 0 Å². The van der Waals surface area contributed by atoms with Gasteiger partial charge in [-0.2, -0.15) is 0 Å². The number of halogens is 4. The molecule has 0 radical (unpaired) electrons. The summed E-state index contributed by atoms with van der Waals surface area (Å²) < 4.78 is 27.2. The highest BCUT2D eigenvalue weighted by Gasteiger charge is 2.13. The van der Waals surface area contributed by atoms with Crippen LogP contribution in [0.1, 0.15) is 10.5 Å². The summed E-state index contributed by atoms with van der Waals surface area (Å²) in [6.07, 6.45) is 2.35. The molecule has 0 spiro atoms. The Bertz CT molecular complexity index is 947. The number of carbonyl (C=O) groups is 1. The SMILES string of the molecule is O=C(Nc1ccc(Cl)cc1Cl)c1cnc(Nc2c(F)cccc2F)cn1. The number of anilines is 3. The average molecular weight is 395 g/mol. The molecule has 0 aliphatic heterocycles. The van der Waals surface area contributed by atoms with Crippen LogP contribution >= 0.6 is 23.2 Å². The van der Waals surface area contributed by atoms with Gasteiger partial charge in [-0.3, -0.25) is 4.79 Å². The Morgan fingerprint density at radius 3 is 2.35 bits per heavy atom. The highest BCUT2D eigenvalue weighted by atomic mass is 35.5. The first-order valence-electron chi connectivity index (χ1n) is 7.23. The molecule has 132 valence electrons. The molecule has 1 amide bonds. The van der Waals surface area contributed by atoms with Crippen LogP contribution in [0.15, 0.2) is 48.8 Å². The molecule has 0 bridgehead atoms. The molecule has 1 aromatic heterocycles. The topological polar surface area (TPSA) is 66.9 Å². The molecule has 0 fully saturated rings. The van der Waals surface area contributed by atoms with E-state index < -0.39 is 17.5 Å². The Morgan fingerprint density at radius 1 is 1.00 bits per heavy atom. The second-order valence-electron chi connectivity index (χ2n) is 5.09. The molecule has 0 atom stereocenters. The predicted molar refractivity (Wildman–Crippen MR) is 96.1 cm³/mol. The van der Waals surface area contributed by atoms with E-state index in [-0.39, 0.29) is 22.2 Å². The second-order valence-corrected chi connectivity index (χ2v) is 5.93. The highest BCUT2D eigenvalue weighted by molar-refractivity contribution is 6.36. The van der Waals surface area contributed by atoms with Crippen LogP contribution in [-0.2, 0) is 0 Å². The standard InChI is InChI=1S/C17H10Cl2F2N4O/c18-9-4-5-13(10(19)6-9)24-17(26)14-7-23-15(8-22-14)25-16-11(20)2-1-3-12(16)21/h1-8H,(H,23,25)(H,24,26). The van der Waals surface area contributed by atoms with E-state index in [9.17, 15) is 13.6 Å². The van der Waals surface area contributed by atoms with Crippen LogP contribution in [-0.4, -0.2) is 15.9 Å². The van der Waals surface area contributed by atoms with E-state index >= 15 is 0 Å².